The number of hydrogen-bond donors (Lipinski definition) is 2. The van der Waals surface area contributed by atoms with E-state index in [9.17, 15) is 9.90 Å². The SMILES string of the molecule is Cc1ccc(C(=O)NCCN2CCC(O)C2)c(C)c1. The number of rotatable bonds is 4. The summed E-state index contributed by atoms with van der Waals surface area (Å²) in [5.74, 6) is -0.0164. The average Bonchev–Trinajstić information content (AvgIpc) is 2.75. The van der Waals surface area contributed by atoms with Crippen molar-refractivity contribution in [2.45, 2.75) is 26.4 Å². The second-order valence-corrected chi connectivity index (χ2v) is 5.32. The van der Waals surface area contributed by atoms with Crippen molar-refractivity contribution in [3.05, 3.63) is 34.9 Å². The molecule has 1 amide bonds. The maximum absolute atomic E-state index is 12.0. The fourth-order valence-corrected chi connectivity index (χ4v) is 2.51. The zero-order valence-corrected chi connectivity index (χ0v) is 11.6. The van der Waals surface area contributed by atoms with Gasteiger partial charge in [-0.3, -0.25) is 9.69 Å². The highest BCUT2D eigenvalue weighted by Crippen LogP contribution is 2.10. The van der Waals surface area contributed by atoms with E-state index >= 15 is 0 Å². The molecule has 2 rings (SSSR count). The lowest BCUT2D eigenvalue weighted by Crippen LogP contribution is -2.34. The molecule has 0 bridgehead atoms. The third-order valence-corrected chi connectivity index (χ3v) is 3.59. The van der Waals surface area contributed by atoms with Gasteiger partial charge in [0.15, 0.2) is 0 Å². The number of amides is 1. The summed E-state index contributed by atoms with van der Waals surface area (Å²) < 4.78 is 0. The summed E-state index contributed by atoms with van der Waals surface area (Å²) in [5, 5.41) is 12.4. The van der Waals surface area contributed by atoms with Crippen LogP contribution in [0.3, 0.4) is 0 Å². The van der Waals surface area contributed by atoms with E-state index in [1.165, 1.54) is 5.56 Å². The zero-order chi connectivity index (χ0) is 13.8. The largest absolute Gasteiger partial charge is 0.392 e. The molecule has 104 valence electrons. The Bertz CT molecular complexity index is 459. The standard InChI is InChI=1S/C15H22N2O2/c1-11-3-4-14(12(2)9-11)15(19)16-6-8-17-7-5-13(18)10-17/h3-4,9,13,18H,5-8,10H2,1-2H3,(H,16,19). The van der Waals surface area contributed by atoms with Crippen LogP contribution in [0.5, 0.6) is 0 Å². The number of β-amino-alcohol motifs (C(OH)–C–C–N with tert-alkyl or cyclic N) is 1. The number of aliphatic hydroxyl groups excluding tert-OH is 1. The number of hydrogen-bond acceptors (Lipinski definition) is 3. The van der Waals surface area contributed by atoms with Gasteiger partial charge in [-0.1, -0.05) is 17.7 Å². The van der Waals surface area contributed by atoms with Crippen LogP contribution < -0.4 is 5.32 Å². The predicted octanol–water partition coefficient (Wildman–Crippen LogP) is 1.10. The highest BCUT2D eigenvalue weighted by Gasteiger charge is 2.19. The fourth-order valence-electron chi connectivity index (χ4n) is 2.51. The van der Waals surface area contributed by atoms with Gasteiger partial charge in [-0.25, -0.2) is 0 Å². The number of aliphatic hydroxyl groups is 1. The van der Waals surface area contributed by atoms with Crippen molar-refractivity contribution < 1.29 is 9.90 Å². The second-order valence-electron chi connectivity index (χ2n) is 5.32. The fraction of sp³-hybridized carbons (Fsp3) is 0.533. The maximum atomic E-state index is 12.0. The molecule has 1 fully saturated rings. The van der Waals surface area contributed by atoms with E-state index in [0.29, 0.717) is 6.54 Å². The number of carbonyl (C=O) groups excluding carboxylic acids is 1. The summed E-state index contributed by atoms with van der Waals surface area (Å²) in [6, 6.07) is 5.85. The van der Waals surface area contributed by atoms with Crippen LogP contribution in [0.25, 0.3) is 0 Å². The smallest absolute Gasteiger partial charge is 0.251 e. The molecule has 1 aromatic rings. The Hall–Kier alpha value is -1.39. The Morgan fingerprint density at radius 1 is 1.47 bits per heavy atom. The summed E-state index contributed by atoms with van der Waals surface area (Å²) >= 11 is 0. The summed E-state index contributed by atoms with van der Waals surface area (Å²) in [7, 11) is 0. The van der Waals surface area contributed by atoms with Gasteiger partial charge in [0.2, 0.25) is 0 Å². The molecule has 1 aromatic carbocycles. The molecule has 1 saturated heterocycles. The molecule has 0 saturated carbocycles. The van der Waals surface area contributed by atoms with E-state index in [2.05, 4.69) is 10.2 Å². The van der Waals surface area contributed by atoms with Crippen LogP contribution in [-0.2, 0) is 0 Å². The lowest BCUT2D eigenvalue weighted by molar-refractivity contribution is 0.0948. The molecule has 1 unspecified atom stereocenters. The summed E-state index contributed by atoms with van der Waals surface area (Å²) in [6.45, 7) is 7.04. The van der Waals surface area contributed by atoms with E-state index in [4.69, 9.17) is 0 Å². The predicted molar refractivity (Wildman–Crippen MR) is 75.3 cm³/mol. The van der Waals surface area contributed by atoms with Crippen molar-refractivity contribution in [1.29, 1.82) is 0 Å². The Morgan fingerprint density at radius 3 is 2.89 bits per heavy atom. The van der Waals surface area contributed by atoms with E-state index in [0.717, 1.165) is 37.2 Å². The van der Waals surface area contributed by atoms with Crippen molar-refractivity contribution in [1.82, 2.24) is 10.2 Å². The first-order valence-corrected chi connectivity index (χ1v) is 6.82. The Balaban J connectivity index is 1.81. The number of benzene rings is 1. The van der Waals surface area contributed by atoms with Crippen molar-refractivity contribution in [2.24, 2.45) is 0 Å². The minimum absolute atomic E-state index is 0.0164. The first-order valence-electron chi connectivity index (χ1n) is 6.82. The van der Waals surface area contributed by atoms with Crippen LogP contribution in [0.2, 0.25) is 0 Å². The summed E-state index contributed by atoms with van der Waals surface area (Å²) in [4.78, 5) is 14.2. The van der Waals surface area contributed by atoms with Gasteiger partial charge in [-0.15, -0.1) is 0 Å². The minimum Gasteiger partial charge on any atom is -0.392 e. The average molecular weight is 262 g/mol. The third kappa shape index (κ3) is 3.78. The molecular weight excluding hydrogens is 240 g/mol. The van der Waals surface area contributed by atoms with Gasteiger partial charge in [0, 0.05) is 31.7 Å². The van der Waals surface area contributed by atoms with E-state index < -0.39 is 0 Å². The van der Waals surface area contributed by atoms with Crippen molar-refractivity contribution >= 4 is 5.91 Å². The van der Waals surface area contributed by atoms with Crippen molar-refractivity contribution in [3.63, 3.8) is 0 Å². The Kier molecular flexibility index (Phi) is 4.56. The first kappa shape index (κ1) is 14.0. The van der Waals surface area contributed by atoms with E-state index in [1.807, 2.05) is 32.0 Å². The van der Waals surface area contributed by atoms with Gasteiger partial charge in [0.05, 0.1) is 6.10 Å². The van der Waals surface area contributed by atoms with Gasteiger partial charge in [0.25, 0.3) is 5.91 Å². The van der Waals surface area contributed by atoms with Crippen LogP contribution >= 0.6 is 0 Å². The molecule has 0 radical (unpaired) electrons. The Morgan fingerprint density at radius 2 is 2.26 bits per heavy atom. The number of nitrogens with one attached hydrogen (secondary N) is 1. The molecule has 1 atom stereocenters. The molecule has 1 aliphatic rings. The van der Waals surface area contributed by atoms with Crippen LogP contribution in [0, 0.1) is 13.8 Å². The molecule has 4 nitrogen and oxygen atoms in total. The minimum atomic E-state index is -0.199. The normalized spacial score (nSPS) is 19.6. The van der Waals surface area contributed by atoms with Crippen LogP contribution in [0.4, 0.5) is 0 Å². The van der Waals surface area contributed by atoms with E-state index in [1.54, 1.807) is 0 Å². The number of nitrogens with zero attached hydrogens (tertiary/aromatic N) is 1. The van der Waals surface area contributed by atoms with Crippen molar-refractivity contribution in [3.8, 4) is 0 Å². The summed E-state index contributed by atoms with van der Waals surface area (Å²) in [5.41, 5.74) is 2.92. The third-order valence-electron chi connectivity index (χ3n) is 3.59. The van der Waals surface area contributed by atoms with Crippen molar-refractivity contribution in [2.75, 3.05) is 26.2 Å². The van der Waals surface area contributed by atoms with Gasteiger partial charge < -0.3 is 10.4 Å². The maximum Gasteiger partial charge on any atom is 0.251 e. The molecule has 2 N–H and O–H groups in total. The summed E-state index contributed by atoms with van der Waals surface area (Å²) in [6.07, 6.45) is 0.639. The molecule has 1 aliphatic heterocycles. The topological polar surface area (TPSA) is 52.6 Å². The quantitative estimate of drug-likeness (QED) is 0.854. The molecule has 0 aliphatic carbocycles. The zero-order valence-electron chi connectivity index (χ0n) is 11.6. The van der Waals surface area contributed by atoms with Gasteiger partial charge in [-0.05, 0) is 31.9 Å². The molecule has 4 heteroatoms. The first-order chi connectivity index (χ1) is 9.06. The van der Waals surface area contributed by atoms with Crippen LogP contribution in [-0.4, -0.2) is 48.2 Å². The van der Waals surface area contributed by atoms with Crippen LogP contribution in [0.15, 0.2) is 18.2 Å². The molecular formula is C15H22N2O2. The highest BCUT2D eigenvalue weighted by molar-refractivity contribution is 5.95. The molecule has 0 spiro atoms. The highest BCUT2D eigenvalue weighted by atomic mass is 16.3. The molecule has 0 aromatic heterocycles. The second kappa shape index (κ2) is 6.17. The van der Waals surface area contributed by atoms with Gasteiger partial charge in [-0.2, -0.15) is 0 Å². The van der Waals surface area contributed by atoms with E-state index in [-0.39, 0.29) is 12.0 Å². The number of carbonyl (C=O) groups is 1. The molecule has 19 heavy (non-hydrogen) atoms. The van der Waals surface area contributed by atoms with Gasteiger partial charge in [0.1, 0.15) is 0 Å². The number of likely N-dealkylation sites (tertiary alicyclic amines) is 1. The Labute approximate surface area is 114 Å². The number of aryl methyl sites for hydroxylation is 2. The monoisotopic (exact) mass is 262 g/mol. The molecule has 1 heterocycles. The van der Waals surface area contributed by atoms with Gasteiger partial charge >= 0.3 is 0 Å². The van der Waals surface area contributed by atoms with Crippen LogP contribution in [0.1, 0.15) is 27.9 Å². The lowest BCUT2D eigenvalue weighted by Gasteiger charge is -2.15. The lowest BCUT2D eigenvalue weighted by atomic mass is 10.1.